The lowest BCUT2D eigenvalue weighted by Crippen LogP contribution is -2.32. The summed E-state index contributed by atoms with van der Waals surface area (Å²) >= 11 is 1.39. The fraction of sp³-hybridized carbons (Fsp3) is 0.346. The van der Waals surface area contributed by atoms with Crippen LogP contribution < -0.4 is 14.2 Å². The summed E-state index contributed by atoms with van der Waals surface area (Å²) in [7, 11) is 4.92. The third-order valence-electron chi connectivity index (χ3n) is 6.07. The van der Waals surface area contributed by atoms with Crippen molar-refractivity contribution in [1.82, 2.24) is 19.7 Å². The second-order valence-electron chi connectivity index (χ2n) is 8.08. The Morgan fingerprint density at radius 1 is 1.09 bits per heavy atom. The Balaban J connectivity index is 1.51. The largest absolute Gasteiger partial charge is 0.497 e. The number of benzene rings is 2. The van der Waals surface area contributed by atoms with Crippen LogP contribution in [0, 0.1) is 0 Å². The minimum Gasteiger partial charge on any atom is -0.497 e. The lowest BCUT2D eigenvalue weighted by atomic mass is 10.0. The van der Waals surface area contributed by atoms with Gasteiger partial charge in [-0.25, -0.2) is 0 Å². The van der Waals surface area contributed by atoms with Gasteiger partial charge < -0.3 is 19.1 Å². The van der Waals surface area contributed by atoms with Crippen LogP contribution in [0.2, 0.25) is 0 Å². The highest BCUT2D eigenvalue weighted by Crippen LogP contribution is 2.39. The maximum Gasteiger partial charge on any atom is 0.233 e. The van der Waals surface area contributed by atoms with Crippen molar-refractivity contribution in [3.05, 3.63) is 60.7 Å². The monoisotopic (exact) mass is 494 g/mol. The summed E-state index contributed by atoms with van der Waals surface area (Å²) in [5.41, 5.74) is 1.89. The number of carbonyl (C=O) groups is 1. The maximum absolute atomic E-state index is 13.3. The molecule has 1 aliphatic rings. The third-order valence-corrected chi connectivity index (χ3v) is 7.02. The molecule has 1 fully saturated rings. The van der Waals surface area contributed by atoms with E-state index < -0.39 is 0 Å². The van der Waals surface area contributed by atoms with Gasteiger partial charge in [0, 0.05) is 24.2 Å². The molecule has 2 aromatic carbocycles. The Kier molecular flexibility index (Phi) is 7.97. The topological polar surface area (TPSA) is 78.7 Å². The molecule has 1 aromatic heterocycles. The van der Waals surface area contributed by atoms with E-state index >= 15 is 0 Å². The minimum absolute atomic E-state index is 0.0472. The maximum atomic E-state index is 13.3. The number of nitrogens with zero attached hydrogens (tertiary/aromatic N) is 4. The number of methoxy groups -OCH3 is 3. The molecule has 0 aliphatic carbocycles. The zero-order chi connectivity index (χ0) is 24.8. The normalized spacial score (nSPS) is 15.2. The van der Waals surface area contributed by atoms with Gasteiger partial charge in [0.1, 0.15) is 17.2 Å². The SMILES string of the molecule is C=CCn1c(SCC(=O)N2CCCC2c2cc(OC)ccc2OC)nnc1-c1ccc(OC)cc1. The fourth-order valence-electron chi connectivity index (χ4n) is 4.34. The zero-order valence-corrected chi connectivity index (χ0v) is 21.1. The van der Waals surface area contributed by atoms with E-state index in [0.29, 0.717) is 18.2 Å². The first-order valence-electron chi connectivity index (χ1n) is 11.4. The predicted molar refractivity (Wildman–Crippen MR) is 136 cm³/mol. The molecule has 1 atom stereocenters. The Bertz CT molecular complexity index is 1180. The summed E-state index contributed by atoms with van der Waals surface area (Å²) in [5, 5.41) is 9.44. The number of amides is 1. The van der Waals surface area contributed by atoms with Crippen LogP contribution >= 0.6 is 11.8 Å². The highest BCUT2D eigenvalue weighted by atomic mass is 32.2. The molecule has 0 saturated carbocycles. The first-order chi connectivity index (χ1) is 17.1. The van der Waals surface area contributed by atoms with Gasteiger partial charge in [0.25, 0.3) is 0 Å². The van der Waals surface area contributed by atoms with E-state index in [4.69, 9.17) is 14.2 Å². The average Bonchev–Trinajstić information content (AvgIpc) is 3.55. The van der Waals surface area contributed by atoms with Crippen LogP contribution in [-0.2, 0) is 11.3 Å². The van der Waals surface area contributed by atoms with E-state index in [1.54, 1.807) is 27.4 Å². The molecule has 0 spiro atoms. The highest BCUT2D eigenvalue weighted by Gasteiger charge is 2.32. The molecule has 8 nitrogen and oxygen atoms in total. The van der Waals surface area contributed by atoms with Crippen molar-refractivity contribution in [2.24, 2.45) is 0 Å². The van der Waals surface area contributed by atoms with Crippen LogP contribution in [0.3, 0.4) is 0 Å². The fourth-order valence-corrected chi connectivity index (χ4v) is 5.17. The van der Waals surface area contributed by atoms with Crippen LogP contribution in [0.15, 0.2) is 60.3 Å². The molecule has 35 heavy (non-hydrogen) atoms. The Hall–Kier alpha value is -3.46. The van der Waals surface area contributed by atoms with Gasteiger partial charge in [-0.05, 0) is 55.3 Å². The van der Waals surface area contributed by atoms with Crippen molar-refractivity contribution >= 4 is 17.7 Å². The summed E-state index contributed by atoms with van der Waals surface area (Å²) in [6.07, 6.45) is 3.62. The molecule has 1 unspecified atom stereocenters. The summed E-state index contributed by atoms with van der Waals surface area (Å²) in [4.78, 5) is 15.2. The standard InChI is InChI=1S/C26H30N4O4S/c1-5-14-30-25(18-8-10-19(32-2)11-9-18)27-28-26(30)35-17-24(31)29-15-6-7-22(29)21-16-20(33-3)12-13-23(21)34-4/h5,8-13,16,22H,1,6-7,14-15,17H2,2-4H3. The van der Waals surface area contributed by atoms with Crippen molar-refractivity contribution < 1.29 is 19.0 Å². The van der Waals surface area contributed by atoms with Gasteiger partial charge in [-0.2, -0.15) is 0 Å². The van der Waals surface area contributed by atoms with E-state index in [1.807, 2.05) is 51.9 Å². The van der Waals surface area contributed by atoms with Crippen LogP contribution in [0.25, 0.3) is 11.4 Å². The van der Waals surface area contributed by atoms with Gasteiger partial charge in [-0.1, -0.05) is 17.8 Å². The molecule has 0 bridgehead atoms. The van der Waals surface area contributed by atoms with Gasteiger partial charge in [-0.3, -0.25) is 9.36 Å². The molecule has 4 rings (SSSR count). The van der Waals surface area contributed by atoms with Crippen LogP contribution in [-0.4, -0.2) is 59.2 Å². The summed E-state index contributed by atoms with van der Waals surface area (Å²) in [6, 6.07) is 13.3. The summed E-state index contributed by atoms with van der Waals surface area (Å²) < 4.78 is 18.2. The number of hydrogen-bond acceptors (Lipinski definition) is 7. The third kappa shape index (κ3) is 5.30. The zero-order valence-electron chi connectivity index (χ0n) is 20.3. The number of carbonyl (C=O) groups excluding carboxylic acids is 1. The quantitative estimate of drug-likeness (QED) is 0.301. The Morgan fingerprint density at radius 2 is 1.83 bits per heavy atom. The number of likely N-dealkylation sites (tertiary alicyclic amines) is 1. The molecule has 184 valence electrons. The first kappa shape index (κ1) is 24.7. The number of allylic oxidation sites excluding steroid dienone is 1. The lowest BCUT2D eigenvalue weighted by molar-refractivity contribution is -0.129. The molecule has 1 saturated heterocycles. The second kappa shape index (κ2) is 11.3. The van der Waals surface area contributed by atoms with Crippen molar-refractivity contribution in [2.45, 2.75) is 30.6 Å². The molecule has 1 amide bonds. The van der Waals surface area contributed by atoms with E-state index in [-0.39, 0.29) is 17.7 Å². The number of rotatable bonds is 10. The Labute approximate surface area is 209 Å². The Morgan fingerprint density at radius 3 is 2.51 bits per heavy atom. The van der Waals surface area contributed by atoms with Gasteiger partial charge in [0.2, 0.25) is 5.91 Å². The average molecular weight is 495 g/mol. The van der Waals surface area contributed by atoms with E-state index in [2.05, 4.69) is 16.8 Å². The number of thioether (sulfide) groups is 1. The number of aromatic nitrogens is 3. The predicted octanol–water partition coefficient (Wildman–Crippen LogP) is 4.61. The minimum atomic E-state index is -0.0472. The van der Waals surface area contributed by atoms with E-state index in [0.717, 1.165) is 47.0 Å². The highest BCUT2D eigenvalue weighted by molar-refractivity contribution is 7.99. The number of ether oxygens (including phenoxy) is 3. The van der Waals surface area contributed by atoms with Gasteiger partial charge >= 0.3 is 0 Å². The van der Waals surface area contributed by atoms with Crippen LogP contribution in [0.5, 0.6) is 17.2 Å². The number of hydrogen-bond donors (Lipinski definition) is 0. The van der Waals surface area contributed by atoms with E-state index in [9.17, 15) is 4.79 Å². The first-order valence-corrected chi connectivity index (χ1v) is 12.4. The molecule has 9 heteroatoms. The molecule has 2 heterocycles. The molecular weight excluding hydrogens is 464 g/mol. The summed E-state index contributed by atoms with van der Waals surface area (Å²) in [5.74, 6) is 3.33. The molecule has 1 aliphatic heterocycles. The summed E-state index contributed by atoms with van der Waals surface area (Å²) in [6.45, 7) is 5.12. The van der Waals surface area contributed by atoms with Crippen molar-refractivity contribution in [3.63, 3.8) is 0 Å². The lowest BCUT2D eigenvalue weighted by Gasteiger charge is -2.26. The van der Waals surface area contributed by atoms with Crippen molar-refractivity contribution in [2.75, 3.05) is 33.6 Å². The second-order valence-corrected chi connectivity index (χ2v) is 9.02. The molecule has 0 radical (unpaired) electrons. The molecule has 3 aromatic rings. The van der Waals surface area contributed by atoms with E-state index in [1.165, 1.54) is 11.8 Å². The molecular formula is C26H30N4O4S. The molecule has 0 N–H and O–H groups in total. The smallest absolute Gasteiger partial charge is 0.233 e. The van der Waals surface area contributed by atoms with Crippen molar-refractivity contribution in [1.29, 1.82) is 0 Å². The van der Waals surface area contributed by atoms with Gasteiger partial charge in [-0.15, -0.1) is 16.8 Å². The van der Waals surface area contributed by atoms with Gasteiger partial charge in [0.15, 0.2) is 11.0 Å². The van der Waals surface area contributed by atoms with Crippen molar-refractivity contribution in [3.8, 4) is 28.6 Å². The van der Waals surface area contributed by atoms with Crippen LogP contribution in [0.4, 0.5) is 0 Å². The van der Waals surface area contributed by atoms with Gasteiger partial charge in [0.05, 0.1) is 33.1 Å². The van der Waals surface area contributed by atoms with Crippen LogP contribution in [0.1, 0.15) is 24.4 Å².